The van der Waals surface area contributed by atoms with Gasteiger partial charge in [0.25, 0.3) is 0 Å². The van der Waals surface area contributed by atoms with E-state index in [0.29, 0.717) is 19.8 Å². The molecule has 1 aliphatic rings. The monoisotopic (exact) mass is 320 g/mol. The summed E-state index contributed by atoms with van der Waals surface area (Å²) in [7, 11) is 0. The zero-order chi connectivity index (χ0) is 16.7. The van der Waals surface area contributed by atoms with E-state index in [2.05, 4.69) is 0 Å². The van der Waals surface area contributed by atoms with Gasteiger partial charge in [-0.1, -0.05) is 30.3 Å². The van der Waals surface area contributed by atoms with E-state index >= 15 is 0 Å². The van der Waals surface area contributed by atoms with Crippen LogP contribution in [0.5, 0.6) is 0 Å². The van der Waals surface area contributed by atoms with Crippen molar-refractivity contribution < 1.29 is 23.7 Å². The molecule has 1 aliphatic heterocycles. The number of ether oxygens (including phenoxy) is 4. The van der Waals surface area contributed by atoms with Crippen LogP contribution in [-0.4, -0.2) is 37.2 Å². The van der Waals surface area contributed by atoms with Crippen molar-refractivity contribution in [2.24, 2.45) is 0 Å². The molecule has 0 aliphatic carbocycles. The maximum atomic E-state index is 11.5. The zero-order valence-electron chi connectivity index (χ0n) is 13.9. The van der Waals surface area contributed by atoms with Gasteiger partial charge < -0.3 is 18.9 Å². The Balaban J connectivity index is 2.00. The molecular weight excluding hydrogens is 296 g/mol. The highest BCUT2D eigenvalue weighted by Gasteiger charge is 2.37. The molecule has 0 amide bonds. The number of hydrogen-bond acceptors (Lipinski definition) is 5. The maximum Gasteiger partial charge on any atom is 0.330 e. The van der Waals surface area contributed by atoms with Gasteiger partial charge in [-0.05, 0) is 32.4 Å². The Morgan fingerprint density at radius 1 is 1.39 bits per heavy atom. The molecule has 0 spiro atoms. The molecule has 5 nitrogen and oxygen atoms in total. The number of hydrogen-bond donors (Lipinski definition) is 0. The molecule has 23 heavy (non-hydrogen) atoms. The van der Waals surface area contributed by atoms with E-state index in [-0.39, 0.29) is 18.2 Å². The summed E-state index contributed by atoms with van der Waals surface area (Å²) in [6, 6.07) is 9.85. The number of benzene rings is 1. The molecule has 1 saturated heterocycles. The Hall–Kier alpha value is -1.69. The van der Waals surface area contributed by atoms with Gasteiger partial charge in [0.05, 0.1) is 19.8 Å². The van der Waals surface area contributed by atoms with E-state index < -0.39 is 5.79 Å². The number of esters is 1. The molecule has 0 radical (unpaired) electrons. The predicted octanol–water partition coefficient (Wildman–Crippen LogP) is 2.84. The van der Waals surface area contributed by atoms with E-state index in [9.17, 15) is 4.79 Å². The molecular formula is C18H24O5. The second kappa shape index (κ2) is 8.24. The van der Waals surface area contributed by atoms with Gasteiger partial charge in [0.15, 0.2) is 5.79 Å². The van der Waals surface area contributed by atoms with Crippen LogP contribution in [0.25, 0.3) is 0 Å². The van der Waals surface area contributed by atoms with Gasteiger partial charge in [-0.15, -0.1) is 0 Å². The Bertz CT molecular complexity index is 523. The van der Waals surface area contributed by atoms with Gasteiger partial charge in [-0.2, -0.15) is 0 Å². The molecule has 1 aromatic carbocycles. The quantitative estimate of drug-likeness (QED) is 0.571. The molecule has 2 atom stereocenters. The lowest BCUT2D eigenvalue weighted by Gasteiger charge is -2.22. The van der Waals surface area contributed by atoms with Crippen molar-refractivity contribution in [3.63, 3.8) is 0 Å². The molecule has 5 heteroatoms. The minimum absolute atomic E-state index is 0.264. The van der Waals surface area contributed by atoms with Gasteiger partial charge in [-0.25, -0.2) is 4.79 Å². The highest BCUT2D eigenvalue weighted by Crippen LogP contribution is 2.26. The normalized spacial score (nSPS) is 21.4. The van der Waals surface area contributed by atoms with Crippen LogP contribution in [0.3, 0.4) is 0 Å². The largest absolute Gasteiger partial charge is 0.463 e. The smallest absolute Gasteiger partial charge is 0.330 e. The summed E-state index contributed by atoms with van der Waals surface area (Å²) in [5, 5.41) is 0. The summed E-state index contributed by atoms with van der Waals surface area (Å²) in [5.74, 6) is -1.03. The Labute approximate surface area is 137 Å². The molecule has 1 heterocycles. The summed E-state index contributed by atoms with van der Waals surface area (Å²) in [4.78, 5) is 11.5. The first-order chi connectivity index (χ1) is 11.0. The van der Waals surface area contributed by atoms with Gasteiger partial charge in [0, 0.05) is 6.08 Å². The van der Waals surface area contributed by atoms with Crippen LogP contribution < -0.4 is 0 Å². The van der Waals surface area contributed by atoms with E-state index in [1.165, 1.54) is 6.08 Å². The third-order valence-corrected chi connectivity index (χ3v) is 3.39. The Morgan fingerprint density at radius 3 is 2.74 bits per heavy atom. The maximum absolute atomic E-state index is 11.5. The summed E-state index contributed by atoms with van der Waals surface area (Å²) >= 11 is 0. The van der Waals surface area contributed by atoms with Crippen LogP contribution in [-0.2, 0) is 30.3 Å². The van der Waals surface area contributed by atoms with Crippen molar-refractivity contribution in [1.82, 2.24) is 0 Å². The average Bonchev–Trinajstić information content (AvgIpc) is 2.88. The summed E-state index contributed by atoms with van der Waals surface area (Å²) in [5.41, 5.74) is 1.06. The van der Waals surface area contributed by atoms with Gasteiger partial charge >= 0.3 is 5.97 Å². The van der Waals surface area contributed by atoms with Gasteiger partial charge in [0.1, 0.15) is 12.2 Å². The third-order valence-electron chi connectivity index (χ3n) is 3.39. The topological polar surface area (TPSA) is 54.0 Å². The summed E-state index contributed by atoms with van der Waals surface area (Å²) < 4.78 is 22.3. The van der Waals surface area contributed by atoms with Crippen molar-refractivity contribution in [1.29, 1.82) is 0 Å². The molecule has 2 rings (SSSR count). The van der Waals surface area contributed by atoms with Gasteiger partial charge in [-0.3, -0.25) is 0 Å². The van der Waals surface area contributed by atoms with E-state index in [4.69, 9.17) is 18.9 Å². The van der Waals surface area contributed by atoms with E-state index in [0.717, 1.165) is 5.56 Å². The minimum atomic E-state index is -0.642. The number of carbonyl (C=O) groups is 1. The van der Waals surface area contributed by atoms with Crippen molar-refractivity contribution in [2.45, 2.75) is 45.4 Å². The highest BCUT2D eigenvalue weighted by molar-refractivity contribution is 5.81. The Kier molecular flexibility index (Phi) is 6.33. The molecule has 1 fully saturated rings. The van der Waals surface area contributed by atoms with Crippen LogP contribution in [0, 0.1) is 0 Å². The predicted molar refractivity (Wildman–Crippen MR) is 85.7 cm³/mol. The number of rotatable bonds is 7. The lowest BCUT2D eigenvalue weighted by molar-refractivity contribution is -0.152. The first-order valence-corrected chi connectivity index (χ1v) is 7.82. The van der Waals surface area contributed by atoms with Crippen LogP contribution in [0.4, 0.5) is 0 Å². The second-order valence-electron chi connectivity index (χ2n) is 5.74. The minimum Gasteiger partial charge on any atom is -0.463 e. The van der Waals surface area contributed by atoms with E-state index in [1.807, 2.05) is 44.2 Å². The number of carbonyl (C=O) groups excluding carboxylic acids is 1. The molecule has 0 bridgehead atoms. The molecule has 0 saturated carbocycles. The molecule has 0 unspecified atom stereocenters. The fraction of sp³-hybridized carbons (Fsp3) is 0.500. The molecule has 1 aromatic rings. The van der Waals surface area contributed by atoms with E-state index in [1.54, 1.807) is 13.0 Å². The highest BCUT2D eigenvalue weighted by atomic mass is 16.7. The standard InChI is InChI=1S/C18H24O5/c1-4-20-17(19)11-10-15(16-13-22-18(2,3)23-16)21-12-14-8-6-5-7-9-14/h5-11,15-16H,4,12-13H2,1-3H3/b11-10+/t15-,16+/m0/s1. The molecule has 126 valence electrons. The first kappa shape index (κ1) is 17.7. The lowest BCUT2D eigenvalue weighted by atomic mass is 10.2. The van der Waals surface area contributed by atoms with Crippen molar-refractivity contribution in [2.75, 3.05) is 13.2 Å². The van der Waals surface area contributed by atoms with Crippen LogP contribution >= 0.6 is 0 Å². The first-order valence-electron chi connectivity index (χ1n) is 7.82. The van der Waals surface area contributed by atoms with Crippen LogP contribution in [0.15, 0.2) is 42.5 Å². The fourth-order valence-electron chi connectivity index (χ4n) is 2.29. The SMILES string of the molecule is CCOC(=O)/C=C/[C@H](OCc1ccccc1)[C@H]1COC(C)(C)O1. The molecule has 0 N–H and O–H groups in total. The average molecular weight is 320 g/mol. The van der Waals surface area contributed by atoms with Crippen molar-refractivity contribution in [3.8, 4) is 0 Å². The Morgan fingerprint density at radius 2 is 2.13 bits per heavy atom. The van der Waals surface area contributed by atoms with Crippen molar-refractivity contribution >= 4 is 5.97 Å². The molecule has 0 aromatic heterocycles. The van der Waals surface area contributed by atoms with Crippen LogP contribution in [0.1, 0.15) is 26.3 Å². The van der Waals surface area contributed by atoms with Crippen LogP contribution in [0.2, 0.25) is 0 Å². The third kappa shape index (κ3) is 5.78. The summed E-state index contributed by atoms with van der Waals surface area (Å²) in [6.45, 7) is 6.67. The van der Waals surface area contributed by atoms with Crippen molar-refractivity contribution in [3.05, 3.63) is 48.0 Å². The van der Waals surface area contributed by atoms with Gasteiger partial charge in [0.2, 0.25) is 0 Å². The zero-order valence-corrected chi connectivity index (χ0v) is 13.9. The summed E-state index contributed by atoms with van der Waals surface area (Å²) in [6.07, 6.45) is 2.41. The fourth-order valence-corrected chi connectivity index (χ4v) is 2.29. The second-order valence-corrected chi connectivity index (χ2v) is 5.74. The lowest BCUT2D eigenvalue weighted by Crippen LogP contribution is -2.31.